The molecule has 2 aromatic rings. The molecule has 2 heterocycles. The largest absolute Gasteiger partial charge is 0.550 e. The smallest absolute Gasteiger partial charge is 0.250 e. The molecule has 0 spiro atoms. The van der Waals surface area contributed by atoms with Crippen molar-refractivity contribution in [2.24, 2.45) is 0 Å². The molecule has 2 amide bonds. The van der Waals surface area contributed by atoms with Gasteiger partial charge in [-0.05, 0) is 24.1 Å². The van der Waals surface area contributed by atoms with E-state index < -0.39 is 18.3 Å². The summed E-state index contributed by atoms with van der Waals surface area (Å²) in [5, 5.41) is 20.1. The molecule has 130 valence electrons. The number of benzene rings is 1. The number of aromatic nitrogens is 3. The fraction of sp³-hybridized carbons (Fsp3) is 0.267. The lowest BCUT2D eigenvalue weighted by Crippen LogP contribution is -2.29. The highest BCUT2D eigenvalue weighted by atomic mass is 35.5. The molecule has 0 radical (unpaired) electrons. The number of carbonyl (C=O) groups excluding carboxylic acids is 3. The molecular formula is C15H13ClN5O4-. The maximum absolute atomic E-state index is 11.9. The van der Waals surface area contributed by atoms with Crippen LogP contribution in [0.4, 0.5) is 11.9 Å². The predicted octanol–water partition coefficient (Wildman–Crippen LogP) is 0.332. The number of nitrogens with zero attached hydrogens (tertiary/aromatic N) is 3. The van der Waals surface area contributed by atoms with Crippen LogP contribution >= 0.6 is 11.6 Å². The number of aliphatic carboxylic acids is 1. The van der Waals surface area contributed by atoms with Crippen molar-refractivity contribution < 1.29 is 19.5 Å². The van der Waals surface area contributed by atoms with Crippen molar-refractivity contribution in [1.82, 2.24) is 14.8 Å². The van der Waals surface area contributed by atoms with E-state index in [2.05, 4.69) is 20.7 Å². The van der Waals surface area contributed by atoms with Crippen molar-refractivity contribution in [3.05, 3.63) is 34.9 Å². The van der Waals surface area contributed by atoms with Crippen molar-refractivity contribution in [1.29, 1.82) is 0 Å². The van der Waals surface area contributed by atoms with Gasteiger partial charge < -0.3 is 9.90 Å². The molecule has 2 N–H and O–H groups in total. The number of nitrogens with one attached hydrogen (secondary N) is 2. The van der Waals surface area contributed by atoms with Crippen LogP contribution in [0.5, 0.6) is 0 Å². The van der Waals surface area contributed by atoms with Gasteiger partial charge in [0, 0.05) is 17.4 Å². The Kier molecular flexibility index (Phi) is 4.66. The number of hydrogen-bond donors (Lipinski definition) is 2. The van der Waals surface area contributed by atoms with E-state index in [9.17, 15) is 19.5 Å². The lowest BCUT2D eigenvalue weighted by Gasteiger charge is -2.23. The quantitative estimate of drug-likeness (QED) is 0.788. The summed E-state index contributed by atoms with van der Waals surface area (Å²) in [5.74, 6) is -1.91. The minimum absolute atomic E-state index is 0.0143. The van der Waals surface area contributed by atoms with Gasteiger partial charge in [-0.25, -0.2) is 4.68 Å². The molecule has 3 rings (SSSR count). The Labute approximate surface area is 147 Å². The maximum Gasteiger partial charge on any atom is 0.250 e. The number of anilines is 2. The Morgan fingerprint density at radius 2 is 2.04 bits per heavy atom. The highest BCUT2D eigenvalue weighted by Gasteiger charge is 2.29. The summed E-state index contributed by atoms with van der Waals surface area (Å²) >= 11 is 5.89. The molecular weight excluding hydrogens is 350 g/mol. The molecule has 10 heteroatoms. The number of fused-ring (bicyclic) bond motifs is 1. The van der Waals surface area contributed by atoms with Crippen molar-refractivity contribution >= 4 is 41.3 Å². The second-order valence-corrected chi connectivity index (χ2v) is 5.88. The van der Waals surface area contributed by atoms with Crippen molar-refractivity contribution in [2.45, 2.75) is 25.3 Å². The minimum atomic E-state index is -1.32. The van der Waals surface area contributed by atoms with E-state index >= 15 is 0 Å². The van der Waals surface area contributed by atoms with Crippen LogP contribution in [0.1, 0.15) is 30.9 Å². The Balaban J connectivity index is 1.82. The number of halogens is 1. The Hall–Kier alpha value is -2.94. The van der Waals surface area contributed by atoms with Crippen LogP contribution in [0, 0.1) is 0 Å². The van der Waals surface area contributed by atoms with Gasteiger partial charge in [-0.1, -0.05) is 23.7 Å². The standard InChI is InChI=1S/C15H14ClN5O4/c16-9-3-1-8(2-4-9)10-7-12(23)18-15-19-14(20-21(10)15)17-11(22)5-6-13(24)25/h1-4,10H,5-7H2,(H,24,25)(H2,17,18,19,20,22,23)/p-1/t10-/m1/s1. The lowest BCUT2D eigenvalue weighted by molar-refractivity contribution is -0.305. The van der Waals surface area contributed by atoms with E-state index in [-0.39, 0.29) is 36.7 Å². The molecule has 0 bridgehead atoms. The molecule has 25 heavy (non-hydrogen) atoms. The Morgan fingerprint density at radius 3 is 2.72 bits per heavy atom. The average molecular weight is 363 g/mol. The molecule has 0 saturated carbocycles. The number of carboxylic acid groups (broad SMARTS) is 1. The van der Waals surface area contributed by atoms with Gasteiger partial charge in [-0.3, -0.25) is 20.2 Å². The second kappa shape index (κ2) is 6.89. The van der Waals surface area contributed by atoms with E-state index in [1.54, 1.807) is 24.3 Å². The van der Waals surface area contributed by atoms with Crippen molar-refractivity contribution in [3.8, 4) is 0 Å². The molecule has 1 aromatic carbocycles. The Bertz CT molecular complexity index is 833. The fourth-order valence-electron chi connectivity index (χ4n) is 2.46. The highest BCUT2D eigenvalue weighted by Crippen LogP contribution is 2.30. The Morgan fingerprint density at radius 1 is 1.32 bits per heavy atom. The summed E-state index contributed by atoms with van der Waals surface area (Å²) in [6.07, 6.45) is -0.487. The normalized spacial score (nSPS) is 16.0. The van der Waals surface area contributed by atoms with Crippen LogP contribution in [0.3, 0.4) is 0 Å². The average Bonchev–Trinajstić information content (AvgIpc) is 2.95. The third kappa shape index (κ3) is 3.94. The van der Waals surface area contributed by atoms with E-state index in [4.69, 9.17) is 11.6 Å². The molecule has 0 unspecified atom stereocenters. The van der Waals surface area contributed by atoms with Gasteiger partial charge in [0.2, 0.25) is 17.8 Å². The molecule has 1 aliphatic rings. The first kappa shape index (κ1) is 16.9. The van der Waals surface area contributed by atoms with Crippen LogP contribution in [-0.4, -0.2) is 32.5 Å². The van der Waals surface area contributed by atoms with Crippen LogP contribution in [-0.2, 0) is 14.4 Å². The van der Waals surface area contributed by atoms with Crippen LogP contribution in [0.15, 0.2) is 24.3 Å². The molecule has 1 atom stereocenters. The van der Waals surface area contributed by atoms with Gasteiger partial charge in [-0.15, -0.1) is 5.10 Å². The summed E-state index contributed by atoms with van der Waals surface area (Å²) in [4.78, 5) is 38.0. The van der Waals surface area contributed by atoms with E-state index in [1.807, 2.05) is 0 Å². The van der Waals surface area contributed by atoms with Crippen LogP contribution in [0.2, 0.25) is 5.02 Å². The zero-order chi connectivity index (χ0) is 18.0. The van der Waals surface area contributed by atoms with Gasteiger partial charge in [0.1, 0.15) is 0 Å². The molecule has 0 fully saturated rings. The number of amides is 2. The number of carbonyl (C=O) groups is 3. The SMILES string of the molecule is O=C([O-])CCC(=O)Nc1nc2n(n1)[C@@H](c1ccc(Cl)cc1)CC(=O)N2. The second-order valence-electron chi connectivity index (χ2n) is 5.44. The monoisotopic (exact) mass is 362 g/mol. The van der Waals surface area contributed by atoms with Gasteiger partial charge in [0.15, 0.2) is 0 Å². The predicted molar refractivity (Wildman–Crippen MR) is 85.7 cm³/mol. The molecule has 1 aromatic heterocycles. The molecule has 0 aliphatic carbocycles. The highest BCUT2D eigenvalue weighted by molar-refractivity contribution is 6.30. The van der Waals surface area contributed by atoms with Crippen LogP contribution in [0.25, 0.3) is 0 Å². The fourth-order valence-corrected chi connectivity index (χ4v) is 2.59. The number of rotatable bonds is 5. The van der Waals surface area contributed by atoms with Gasteiger partial charge >= 0.3 is 0 Å². The van der Waals surface area contributed by atoms with E-state index in [0.29, 0.717) is 5.02 Å². The van der Waals surface area contributed by atoms with Crippen molar-refractivity contribution in [3.63, 3.8) is 0 Å². The van der Waals surface area contributed by atoms with E-state index in [1.165, 1.54) is 4.68 Å². The summed E-state index contributed by atoms with van der Waals surface area (Å²) in [5.41, 5.74) is 0.820. The summed E-state index contributed by atoms with van der Waals surface area (Å²) in [7, 11) is 0. The molecule has 9 nitrogen and oxygen atoms in total. The van der Waals surface area contributed by atoms with E-state index in [0.717, 1.165) is 5.56 Å². The molecule has 0 saturated heterocycles. The van der Waals surface area contributed by atoms with Gasteiger partial charge in [0.25, 0.3) is 5.95 Å². The third-order valence-corrected chi connectivity index (χ3v) is 3.87. The van der Waals surface area contributed by atoms with Crippen molar-refractivity contribution in [2.75, 3.05) is 10.6 Å². The summed E-state index contributed by atoms with van der Waals surface area (Å²) in [6, 6.07) is 6.61. The zero-order valence-electron chi connectivity index (χ0n) is 12.9. The zero-order valence-corrected chi connectivity index (χ0v) is 13.6. The minimum Gasteiger partial charge on any atom is -0.550 e. The first-order valence-corrected chi connectivity index (χ1v) is 7.82. The van der Waals surface area contributed by atoms with Gasteiger partial charge in [0.05, 0.1) is 12.5 Å². The third-order valence-electron chi connectivity index (χ3n) is 3.62. The molecule has 1 aliphatic heterocycles. The lowest BCUT2D eigenvalue weighted by atomic mass is 10.0. The summed E-state index contributed by atoms with van der Waals surface area (Å²) in [6.45, 7) is 0. The number of hydrogen-bond acceptors (Lipinski definition) is 6. The summed E-state index contributed by atoms with van der Waals surface area (Å²) < 4.78 is 1.50. The van der Waals surface area contributed by atoms with Crippen LogP contribution < -0.4 is 15.7 Å². The topological polar surface area (TPSA) is 129 Å². The van der Waals surface area contributed by atoms with Gasteiger partial charge in [-0.2, -0.15) is 4.98 Å². The number of carboxylic acids is 1. The maximum atomic E-state index is 11.9. The first-order chi connectivity index (χ1) is 11.9. The first-order valence-electron chi connectivity index (χ1n) is 7.44.